The van der Waals surface area contributed by atoms with Crippen molar-refractivity contribution in [1.82, 2.24) is 4.90 Å². The first-order chi connectivity index (χ1) is 14.5. The molecule has 1 aliphatic heterocycles. The average molecular weight is 426 g/mol. The molecule has 1 aliphatic rings. The van der Waals surface area contributed by atoms with Crippen LogP contribution >= 0.6 is 11.3 Å². The summed E-state index contributed by atoms with van der Waals surface area (Å²) in [5.74, 6) is 0.458. The monoisotopic (exact) mass is 425 g/mol. The molecule has 2 amide bonds. The quantitative estimate of drug-likeness (QED) is 0.701. The summed E-state index contributed by atoms with van der Waals surface area (Å²) in [6, 6.07) is 9.61. The number of nitrogens with zero attached hydrogens (tertiary/aromatic N) is 2. The van der Waals surface area contributed by atoms with Crippen molar-refractivity contribution >= 4 is 34.4 Å². The minimum absolute atomic E-state index is 0.318. The van der Waals surface area contributed by atoms with E-state index in [0.29, 0.717) is 43.3 Å². The topological polar surface area (TPSA) is 91.7 Å². The predicted octanol–water partition coefficient (Wildman–Crippen LogP) is 4.18. The summed E-state index contributed by atoms with van der Waals surface area (Å²) >= 11 is 1.33. The van der Waals surface area contributed by atoms with E-state index >= 15 is 0 Å². The van der Waals surface area contributed by atoms with Gasteiger partial charge in [-0.25, -0.2) is 4.79 Å². The molecule has 8 heteroatoms. The van der Waals surface area contributed by atoms with E-state index in [1.807, 2.05) is 31.2 Å². The largest absolute Gasteiger partial charge is 0.494 e. The number of anilines is 1. The number of hydrogen-bond acceptors (Lipinski definition) is 6. The highest BCUT2D eigenvalue weighted by atomic mass is 32.1. The summed E-state index contributed by atoms with van der Waals surface area (Å²) in [5.41, 5.74) is 2.24. The third-order valence-electron chi connectivity index (χ3n) is 4.55. The number of nitriles is 1. The standard InChI is InChI=1S/C22H23N3O4S/c1-3-28-16-8-5-15(6-9-16)7-10-20(26)24-21-18(13-23)17-11-12-25(14-19(17)30-21)22(27)29-4-2/h5-10H,3-4,11-12,14H2,1-2H3,(H,24,26)/b10-7+. The number of benzene rings is 1. The molecule has 0 fully saturated rings. The van der Waals surface area contributed by atoms with Gasteiger partial charge in [-0.2, -0.15) is 5.26 Å². The van der Waals surface area contributed by atoms with Gasteiger partial charge in [0, 0.05) is 17.5 Å². The highest BCUT2D eigenvalue weighted by Gasteiger charge is 2.27. The molecule has 0 atom stereocenters. The number of carbonyl (C=O) groups excluding carboxylic acids is 2. The maximum absolute atomic E-state index is 12.4. The Morgan fingerprint density at radius 2 is 2.03 bits per heavy atom. The fraction of sp³-hybridized carbons (Fsp3) is 0.318. The Labute approximate surface area is 179 Å². The molecule has 2 aromatic rings. The van der Waals surface area contributed by atoms with E-state index in [0.717, 1.165) is 21.8 Å². The van der Waals surface area contributed by atoms with Crippen LogP contribution in [0, 0.1) is 11.3 Å². The third-order valence-corrected chi connectivity index (χ3v) is 5.68. The minimum Gasteiger partial charge on any atom is -0.494 e. The molecule has 3 rings (SSSR count). The number of ether oxygens (including phenoxy) is 2. The van der Waals surface area contributed by atoms with Gasteiger partial charge < -0.3 is 19.7 Å². The normalized spacial score (nSPS) is 12.9. The zero-order valence-corrected chi connectivity index (χ0v) is 17.8. The van der Waals surface area contributed by atoms with Crippen LogP contribution in [-0.4, -0.2) is 36.7 Å². The summed E-state index contributed by atoms with van der Waals surface area (Å²) in [5, 5.41) is 12.9. The van der Waals surface area contributed by atoms with Crippen molar-refractivity contribution in [2.45, 2.75) is 26.8 Å². The molecular weight excluding hydrogens is 402 g/mol. The van der Waals surface area contributed by atoms with Crippen molar-refractivity contribution in [3.63, 3.8) is 0 Å². The van der Waals surface area contributed by atoms with Gasteiger partial charge in [0.1, 0.15) is 16.8 Å². The van der Waals surface area contributed by atoms with Crippen molar-refractivity contribution in [3.05, 3.63) is 51.9 Å². The fourth-order valence-electron chi connectivity index (χ4n) is 3.15. The maximum atomic E-state index is 12.4. The lowest BCUT2D eigenvalue weighted by Crippen LogP contribution is -2.35. The van der Waals surface area contributed by atoms with Crippen LogP contribution in [0.2, 0.25) is 0 Å². The Hall–Kier alpha value is -3.31. The van der Waals surface area contributed by atoms with Gasteiger partial charge in [0.2, 0.25) is 5.91 Å². The van der Waals surface area contributed by atoms with Gasteiger partial charge in [-0.1, -0.05) is 12.1 Å². The lowest BCUT2D eigenvalue weighted by atomic mass is 10.0. The zero-order valence-electron chi connectivity index (χ0n) is 16.9. The summed E-state index contributed by atoms with van der Waals surface area (Å²) in [4.78, 5) is 26.9. The SMILES string of the molecule is CCOC(=O)N1CCc2c(sc(NC(=O)/C=C/c3ccc(OCC)cc3)c2C#N)C1. The zero-order chi connectivity index (χ0) is 21.5. The Kier molecular flexibility index (Phi) is 7.09. The average Bonchev–Trinajstić information content (AvgIpc) is 3.09. The van der Waals surface area contributed by atoms with E-state index < -0.39 is 0 Å². The van der Waals surface area contributed by atoms with Crippen LogP contribution in [0.1, 0.15) is 35.4 Å². The fourth-order valence-corrected chi connectivity index (χ4v) is 4.36. The first-order valence-electron chi connectivity index (χ1n) is 9.74. The number of amides is 2. The molecule has 0 bridgehead atoms. The van der Waals surface area contributed by atoms with Crippen LogP contribution in [0.3, 0.4) is 0 Å². The van der Waals surface area contributed by atoms with Crippen molar-refractivity contribution in [3.8, 4) is 11.8 Å². The molecule has 0 spiro atoms. The van der Waals surface area contributed by atoms with Gasteiger partial charge in [0.15, 0.2) is 0 Å². The number of carbonyl (C=O) groups is 2. The summed E-state index contributed by atoms with van der Waals surface area (Å²) in [7, 11) is 0. The van der Waals surface area contributed by atoms with Gasteiger partial charge >= 0.3 is 6.09 Å². The Morgan fingerprint density at radius 1 is 1.27 bits per heavy atom. The summed E-state index contributed by atoms with van der Waals surface area (Å²) < 4.78 is 10.5. The molecule has 1 N–H and O–H groups in total. The van der Waals surface area contributed by atoms with E-state index in [2.05, 4.69) is 11.4 Å². The lowest BCUT2D eigenvalue weighted by Gasteiger charge is -2.25. The lowest BCUT2D eigenvalue weighted by molar-refractivity contribution is -0.111. The highest BCUT2D eigenvalue weighted by molar-refractivity contribution is 7.16. The first-order valence-corrected chi connectivity index (χ1v) is 10.6. The molecule has 0 saturated heterocycles. The summed E-state index contributed by atoms with van der Waals surface area (Å²) in [6.45, 7) is 5.47. The molecule has 0 aliphatic carbocycles. The van der Waals surface area contributed by atoms with Crippen LogP contribution in [0.4, 0.5) is 9.80 Å². The van der Waals surface area contributed by atoms with Crippen molar-refractivity contribution in [2.24, 2.45) is 0 Å². The molecule has 1 aromatic heterocycles. The van der Waals surface area contributed by atoms with Crippen molar-refractivity contribution in [1.29, 1.82) is 5.26 Å². The number of thiophene rings is 1. The number of fused-ring (bicyclic) bond motifs is 1. The molecule has 156 valence electrons. The van der Waals surface area contributed by atoms with Gasteiger partial charge in [0.05, 0.1) is 25.3 Å². The molecule has 7 nitrogen and oxygen atoms in total. The third kappa shape index (κ3) is 4.99. The number of rotatable bonds is 6. The maximum Gasteiger partial charge on any atom is 0.410 e. The highest BCUT2D eigenvalue weighted by Crippen LogP contribution is 2.36. The predicted molar refractivity (Wildman–Crippen MR) is 115 cm³/mol. The molecular formula is C22H23N3O4S. The van der Waals surface area contributed by atoms with Gasteiger partial charge in [-0.3, -0.25) is 4.79 Å². The van der Waals surface area contributed by atoms with Crippen LogP contribution in [0.25, 0.3) is 6.08 Å². The number of nitrogens with one attached hydrogen (secondary N) is 1. The van der Waals surface area contributed by atoms with Crippen LogP contribution in [0.5, 0.6) is 5.75 Å². The van der Waals surface area contributed by atoms with Gasteiger partial charge in [-0.15, -0.1) is 11.3 Å². The second kappa shape index (κ2) is 9.94. The second-order valence-electron chi connectivity index (χ2n) is 6.51. The Morgan fingerprint density at radius 3 is 2.70 bits per heavy atom. The Balaban J connectivity index is 1.69. The molecule has 0 radical (unpaired) electrons. The molecule has 1 aromatic carbocycles. The van der Waals surface area contributed by atoms with Crippen LogP contribution < -0.4 is 10.1 Å². The smallest absolute Gasteiger partial charge is 0.410 e. The van der Waals surface area contributed by atoms with Crippen LogP contribution in [-0.2, 0) is 22.5 Å². The van der Waals surface area contributed by atoms with Gasteiger partial charge in [-0.05, 0) is 49.6 Å². The van der Waals surface area contributed by atoms with E-state index in [1.165, 1.54) is 17.4 Å². The molecule has 2 heterocycles. The molecule has 0 saturated carbocycles. The van der Waals surface area contributed by atoms with E-state index in [4.69, 9.17) is 9.47 Å². The second-order valence-corrected chi connectivity index (χ2v) is 7.62. The Bertz CT molecular complexity index is 989. The molecule has 30 heavy (non-hydrogen) atoms. The van der Waals surface area contributed by atoms with Gasteiger partial charge in [0.25, 0.3) is 0 Å². The first kappa shape index (κ1) is 21.4. The number of hydrogen-bond donors (Lipinski definition) is 1. The van der Waals surface area contributed by atoms with E-state index in [1.54, 1.807) is 17.9 Å². The molecule has 0 unspecified atom stereocenters. The van der Waals surface area contributed by atoms with E-state index in [9.17, 15) is 14.9 Å². The van der Waals surface area contributed by atoms with Crippen molar-refractivity contribution < 1.29 is 19.1 Å². The summed E-state index contributed by atoms with van der Waals surface area (Å²) in [6.07, 6.45) is 3.33. The van der Waals surface area contributed by atoms with E-state index in [-0.39, 0.29) is 12.0 Å². The van der Waals surface area contributed by atoms with Crippen LogP contribution in [0.15, 0.2) is 30.3 Å². The van der Waals surface area contributed by atoms with Crippen molar-refractivity contribution in [2.75, 3.05) is 25.1 Å². The minimum atomic E-state index is -0.362.